The molecule has 1 heterocycles. The van der Waals surface area contributed by atoms with E-state index in [0.717, 1.165) is 23.7 Å². The van der Waals surface area contributed by atoms with Crippen LogP contribution >= 0.6 is 0 Å². The first kappa shape index (κ1) is 14.0. The highest BCUT2D eigenvalue weighted by Gasteiger charge is 2.20. The molecule has 1 amide bonds. The first-order chi connectivity index (χ1) is 9.61. The molecule has 1 aromatic heterocycles. The van der Waals surface area contributed by atoms with Gasteiger partial charge in [0, 0.05) is 10.9 Å². The number of nitrogens with one attached hydrogen (secondary N) is 2. The standard InChI is InChI=1S/C14H17N3O3/c1-2-3-4-12(14(19)20)16-13(18)9-5-6-11-10(7-9)8-15-17-11/h5-8,12H,2-4H2,1H3,(H,15,17)(H,16,18)(H,19,20)/t12-/m0/s1. The number of hydrogen-bond acceptors (Lipinski definition) is 3. The maximum absolute atomic E-state index is 12.1. The first-order valence-corrected chi connectivity index (χ1v) is 6.58. The highest BCUT2D eigenvalue weighted by Crippen LogP contribution is 2.13. The fourth-order valence-corrected chi connectivity index (χ4v) is 1.99. The van der Waals surface area contributed by atoms with E-state index in [1.54, 1.807) is 24.4 Å². The normalized spacial score (nSPS) is 12.2. The second-order valence-electron chi connectivity index (χ2n) is 4.68. The average molecular weight is 275 g/mol. The number of benzene rings is 1. The quantitative estimate of drug-likeness (QED) is 0.750. The van der Waals surface area contributed by atoms with Crippen molar-refractivity contribution in [1.82, 2.24) is 15.5 Å². The Morgan fingerprint density at radius 2 is 2.25 bits per heavy atom. The molecule has 106 valence electrons. The first-order valence-electron chi connectivity index (χ1n) is 6.58. The molecule has 1 aromatic carbocycles. The van der Waals surface area contributed by atoms with Crippen molar-refractivity contribution in [2.45, 2.75) is 32.2 Å². The van der Waals surface area contributed by atoms with Gasteiger partial charge in [0.2, 0.25) is 0 Å². The van der Waals surface area contributed by atoms with Gasteiger partial charge in [-0.2, -0.15) is 5.10 Å². The van der Waals surface area contributed by atoms with E-state index in [1.807, 2.05) is 6.92 Å². The number of aromatic amines is 1. The van der Waals surface area contributed by atoms with Crippen molar-refractivity contribution < 1.29 is 14.7 Å². The number of carbonyl (C=O) groups excluding carboxylic acids is 1. The van der Waals surface area contributed by atoms with Crippen LogP contribution in [0.2, 0.25) is 0 Å². The predicted molar refractivity (Wildman–Crippen MR) is 74.5 cm³/mol. The van der Waals surface area contributed by atoms with Crippen LogP contribution in [0.15, 0.2) is 24.4 Å². The number of amides is 1. The third-order valence-corrected chi connectivity index (χ3v) is 3.15. The highest BCUT2D eigenvalue weighted by atomic mass is 16.4. The van der Waals surface area contributed by atoms with E-state index >= 15 is 0 Å². The largest absolute Gasteiger partial charge is 0.480 e. The van der Waals surface area contributed by atoms with Crippen LogP contribution in [0.3, 0.4) is 0 Å². The smallest absolute Gasteiger partial charge is 0.326 e. The lowest BCUT2D eigenvalue weighted by molar-refractivity contribution is -0.139. The summed E-state index contributed by atoms with van der Waals surface area (Å²) in [6.45, 7) is 1.98. The van der Waals surface area contributed by atoms with Gasteiger partial charge in [0.1, 0.15) is 6.04 Å². The lowest BCUT2D eigenvalue weighted by Crippen LogP contribution is -2.40. The van der Waals surface area contributed by atoms with Crippen LogP contribution in [0.4, 0.5) is 0 Å². The van der Waals surface area contributed by atoms with Gasteiger partial charge in [-0.3, -0.25) is 9.89 Å². The van der Waals surface area contributed by atoms with E-state index in [-0.39, 0.29) is 5.91 Å². The Labute approximate surface area is 116 Å². The molecule has 0 saturated heterocycles. The number of fused-ring (bicyclic) bond motifs is 1. The number of carboxylic acid groups (broad SMARTS) is 1. The fraction of sp³-hybridized carbons (Fsp3) is 0.357. The minimum Gasteiger partial charge on any atom is -0.480 e. The number of unbranched alkanes of at least 4 members (excludes halogenated alkanes) is 1. The predicted octanol–water partition coefficient (Wildman–Crippen LogP) is 1.94. The summed E-state index contributed by atoms with van der Waals surface area (Å²) in [5.74, 6) is -1.38. The molecule has 2 rings (SSSR count). The van der Waals surface area contributed by atoms with Crippen molar-refractivity contribution in [3.8, 4) is 0 Å². The summed E-state index contributed by atoms with van der Waals surface area (Å²) in [4.78, 5) is 23.2. The van der Waals surface area contributed by atoms with Crippen molar-refractivity contribution in [2.75, 3.05) is 0 Å². The SMILES string of the molecule is CCCC[C@H](NC(=O)c1ccc2[nH]ncc2c1)C(=O)O. The number of H-pyrrole nitrogens is 1. The fourth-order valence-electron chi connectivity index (χ4n) is 1.99. The van der Waals surface area contributed by atoms with Gasteiger partial charge in [-0.25, -0.2) is 4.79 Å². The zero-order chi connectivity index (χ0) is 14.5. The third kappa shape index (κ3) is 3.14. The molecule has 6 heteroatoms. The van der Waals surface area contributed by atoms with Crippen LogP contribution in [0, 0.1) is 0 Å². The summed E-state index contributed by atoms with van der Waals surface area (Å²) in [6, 6.07) is 4.24. The van der Waals surface area contributed by atoms with Gasteiger partial charge in [-0.15, -0.1) is 0 Å². The molecule has 20 heavy (non-hydrogen) atoms. The van der Waals surface area contributed by atoms with Crippen LogP contribution in [-0.2, 0) is 4.79 Å². The average Bonchev–Trinajstić information content (AvgIpc) is 2.90. The van der Waals surface area contributed by atoms with Crippen molar-refractivity contribution in [2.24, 2.45) is 0 Å². The molecule has 3 N–H and O–H groups in total. The molecule has 0 fully saturated rings. The monoisotopic (exact) mass is 275 g/mol. The van der Waals surface area contributed by atoms with Crippen LogP contribution in [0.25, 0.3) is 10.9 Å². The van der Waals surface area contributed by atoms with E-state index in [4.69, 9.17) is 5.11 Å². The molecule has 0 saturated carbocycles. The number of aliphatic carboxylic acids is 1. The summed E-state index contributed by atoms with van der Waals surface area (Å²) in [6.07, 6.45) is 3.71. The molecule has 0 aliphatic rings. The Morgan fingerprint density at radius 3 is 2.95 bits per heavy atom. The van der Waals surface area contributed by atoms with Gasteiger partial charge in [0.25, 0.3) is 5.91 Å². The van der Waals surface area contributed by atoms with Crippen molar-refractivity contribution in [1.29, 1.82) is 0 Å². The Balaban J connectivity index is 2.10. The van der Waals surface area contributed by atoms with Gasteiger partial charge in [0.15, 0.2) is 0 Å². The summed E-state index contributed by atoms with van der Waals surface area (Å²) >= 11 is 0. The van der Waals surface area contributed by atoms with E-state index in [9.17, 15) is 9.59 Å². The molecule has 1 atom stereocenters. The van der Waals surface area contributed by atoms with E-state index in [0.29, 0.717) is 12.0 Å². The number of rotatable bonds is 6. The molecule has 0 spiro atoms. The van der Waals surface area contributed by atoms with Crippen LogP contribution in [0.5, 0.6) is 0 Å². The Kier molecular flexibility index (Phi) is 4.34. The Morgan fingerprint density at radius 1 is 1.45 bits per heavy atom. The number of carbonyl (C=O) groups is 2. The minimum absolute atomic E-state index is 0.378. The molecular formula is C14H17N3O3. The Bertz CT molecular complexity index is 621. The van der Waals surface area contributed by atoms with Crippen LogP contribution in [-0.4, -0.2) is 33.2 Å². The second kappa shape index (κ2) is 6.18. The van der Waals surface area contributed by atoms with E-state index < -0.39 is 12.0 Å². The summed E-state index contributed by atoms with van der Waals surface area (Å²) in [7, 11) is 0. The molecule has 0 aliphatic heterocycles. The minimum atomic E-state index is -1.00. The Hall–Kier alpha value is -2.37. The van der Waals surface area contributed by atoms with Gasteiger partial charge in [-0.05, 0) is 24.6 Å². The van der Waals surface area contributed by atoms with E-state index in [1.165, 1.54) is 0 Å². The number of hydrogen-bond donors (Lipinski definition) is 3. The zero-order valence-electron chi connectivity index (χ0n) is 11.2. The lowest BCUT2D eigenvalue weighted by atomic mass is 10.1. The molecule has 0 bridgehead atoms. The van der Waals surface area contributed by atoms with Gasteiger partial charge >= 0.3 is 5.97 Å². The molecule has 0 aliphatic carbocycles. The topological polar surface area (TPSA) is 95.1 Å². The number of carboxylic acids is 1. The van der Waals surface area contributed by atoms with Crippen LogP contribution < -0.4 is 5.32 Å². The van der Waals surface area contributed by atoms with Crippen LogP contribution in [0.1, 0.15) is 36.5 Å². The van der Waals surface area contributed by atoms with Gasteiger partial charge in [0.05, 0.1) is 11.7 Å². The van der Waals surface area contributed by atoms with Crippen molar-refractivity contribution in [3.63, 3.8) is 0 Å². The van der Waals surface area contributed by atoms with Gasteiger partial charge < -0.3 is 10.4 Å². The molecule has 0 unspecified atom stereocenters. The zero-order valence-corrected chi connectivity index (χ0v) is 11.2. The van der Waals surface area contributed by atoms with Crippen molar-refractivity contribution in [3.05, 3.63) is 30.0 Å². The summed E-state index contributed by atoms with van der Waals surface area (Å²) in [5.41, 5.74) is 1.27. The van der Waals surface area contributed by atoms with Crippen molar-refractivity contribution >= 4 is 22.8 Å². The lowest BCUT2D eigenvalue weighted by Gasteiger charge is -2.14. The summed E-state index contributed by atoms with van der Waals surface area (Å²) < 4.78 is 0. The van der Waals surface area contributed by atoms with Gasteiger partial charge in [-0.1, -0.05) is 19.8 Å². The number of aromatic nitrogens is 2. The molecular weight excluding hydrogens is 258 g/mol. The second-order valence-corrected chi connectivity index (χ2v) is 4.68. The summed E-state index contributed by atoms with van der Waals surface area (Å²) in [5, 5.41) is 19.2. The van der Waals surface area contributed by atoms with E-state index in [2.05, 4.69) is 15.5 Å². The molecule has 2 aromatic rings. The number of nitrogens with zero attached hydrogens (tertiary/aromatic N) is 1. The maximum Gasteiger partial charge on any atom is 0.326 e. The third-order valence-electron chi connectivity index (χ3n) is 3.15. The maximum atomic E-state index is 12.1. The highest BCUT2D eigenvalue weighted by molar-refractivity contribution is 5.99. The molecule has 6 nitrogen and oxygen atoms in total. The molecule has 0 radical (unpaired) electrons.